The summed E-state index contributed by atoms with van der Waals surface area (Å²) in [7, 11) is 1.41. The van der Waals surface area contributed by atoms with Gasteiger partial charge in [-0.05, 0) is 63.5 Å². The maximum absolute atomic E-state index is 11.6. The lowest BCUT2D eigenvalue weighted by Gasteiger charge is -2.34. The van der Waals surface area contributed by atoms with Crippen molar-refractivity contribution in [3.05, 3.63) is 29.8 Å². The van der Waals surface area contributed by atoms with E-state index < -0.39 is 0 Å². The van der Waals surface area contributed by atoms with Gasteiger partial charge < -0.3 is 15.0 Å². The number of esters is 1. The predicted molar refractivity (Wildman–Crippen MR) is 85.7 cm³/mol. The van der Waals surface area contributed by atoms with E-state index in [1.807, 2.05) is 18.2 Å². The van der Waals surface area contributed by atoms with Gasteiger partial charge in [0, 0.05) is 11.7 Å². The SMILES string of the molecule is CCN1CCC(C(C)Nc2cccc(C(=O)OC)c2)CC1. The third kappa shape index (κ3) is 4.21. The van der Waals surface area contributed by atoms with E-state index in [0.29, 0.717) is 17.5 Å². The Hall–Kier alpha value is -1.55. The van der Waals surface area contributed by atoms with Crippen molar-refractivity contribution in [1.29, 1.82) is 0 Å². The second kappa shape index (κ2) is 7.46. The van der Waals surface area contributed by atoms with Crippen LogP contribution in [0.1, 0.15) is 37.0 Å². The van der Waals surface area contributed by atoms with E-state index in [1.165, 1.54) is 33.0 Å². The van der Waals surface area contributed by atoms with Gasteiger partial charge in [-0.15, -0.1) is 0 Å². The molecule has 4 heteroatoms. The summed E-state index contributed by atoms with van der Waals surface area (Å²) in [6, 6.07) is 7.95. The highest BCUT2D eigenvalue weighted by Crippen LogP contribution is 2.23. The molecule has 0 radical (unpaired) electrons. The molecule has 0 spiro atoms. The maximum Gasteiger partial charge on any atom is 0.337 e. The van der Waals surface area contributed by atoms with Crippen molar-refractivity contribution in [2.75, 3.05) is 32.1 Å². The number of piperidine rings is 1. The molecule has 1 fully saturated rings. The molecule has 0 aromatic heterocycles. The van der Waals surface area contributed by atoms with E-state index in [-0.39, 0.29) is 5.97 Å². The number of rotatable bonds is 5. The van der Waals surface area contributed by atoms with Crippen molar-refractivity contribution in [3.8, 4) is 0 Å². The lowest BCUT2D eigenvalue weighted by Crippen LogP contribution is -2.39. The second-order valence-corrected chi connectivity index (χ2v) is 5.78. The molecular formula is C17H26N2O2. The standard InChI is InChI=1S/C17H26N2O2/c1-4-19-10-8-14(9-11-19)13(2)18-16-7-5-6-15(12-16)17(20)21-3/h5-7,12-14,18H,4,8-11H2,1-3H3. The number of methoxy groups -OCH3 is 1. The topological polar surface area (TPSA) is 41.6 Å². The molecule has 21 heavy (non-hydrogen) atoms. The quantitative estimate of drug-likeness (QED) is 0.846. The summed E-state index contributed by atoms with van der Waals surface area (Å²) < 4.78 is 4.76. The number of nitrogens with one attached hydrogen (secondary N) is 1. The molecule has 1 atom stereocenters. The number of anilines is 1. The molecule has 1 aromatic carbocycles. The zero-order valence-corrected chi connectivity index (χ0v) is 13.3. The van der Waals surface area contributed by atoms with Crippen LogP contribution < -0.4 is 5.32 Å². The van der Waals surface area contributed by atoms with Crippen LogP contribution in [0.25, 0.3) is 0 Å². The zero-order valence-electron chi connectivity index (χ0n) is 13.3. The number of benzene rings is 1. The van der Waals surface area contributed by atoms with Crippen molar-refractivity contribution < 1.29 is 9.53 Å². The van der Waals surface area contributed by atoms with E-state index in [2.05, 4.69) is 24.1 Å². The van der Waals surface area contributed by atoms with Gasteiger partial charge in [0.2, 0.25) is 0 Å². The number of hydrogen-bond acceptors (Lipinski definition) is 4. The minimum Gasteiger partial charge on any atom is -0.465 e. The van der Waals surface area contributed by atoms with Crippen molar-refractivity contribution in [2.24, 2.45) is 5.92 Å². The molecule has 4 nitrogen and oxygen atoms in total. The third-order valence-corrected chi connectivity index (χ3v) is 4.46. The fraction of sp³-hybridized carbons (Fsp3) is 0.588. The highest BCUT2D eigenvalue weighted by atomic mass is 16.5. The Morgan fingerprint density at radius 3 is 2.76 bits per heavy atom. The maximum atomic E-state index is 11.6. The number of likely N-dealkylation sites (tertiary alicyclic amines) is 1. The molecule has 2 rings (SSSR count). The summed E-state index contributed by atoms with van der Waals surface area (Å²) >= 11 is 0. The fourth-order valence-corrected chi connectivity index (χ4v) is 3.00. The molecule has 0 saturated carbocycles. The summed E-state index contributed by atoms with van der Waals surface area (Å²) in [6.07, 6.45) is 2.47. The van der Waals surface area contributed by atoms with E-state index in [0.717, 1.165) is 12.2 Å². The van der Waals surface area contributed by atoms with E-state index >= 15 is 0 Å². The zero-order chi connectivity index (χ0) is 15.2. The van der Waals surface area contributed by atoms with Crippen LogP contribution in [0.3, 0.4) is 0 Å². The number of ether oxygens (including phenoxy) is 1. The minimum atomic E-state index is -0.289. The molecule has 116 valence electrons. The molecule has 0 amide bonds. The van der Waals surface area contributed by atoms with Crippen LogP contribution in [0.2, 0.25) is 0 Å². The Balaban J connectivity index is 1.93. The van der Waals surface area contributed by atoms with Gasteiger partial charge in [0.15, 0.2) is 0 Å². The van der Waals surface area contributed by atoms with Gasteiger partial charge in [-0.25, -0.2) is 4.79 Å². The van der Waals surface area contributed by atoms with E-state index in [1.54, 1.807) is 6.07 Å². The van der Waals surface area contributed by atoms with Crippen LogP contribution in [0.15, 0.2) is 24.3 Å². The van der Waals surface area contributed by atoms with Crippen LogP contribution >= 0.6 is 0 Å². The van der Waals surface area contributed by atoms with Crippen LogP contribution in [-0.4, -0.2) is 43.7 Å². The molecular weight excluding hydrogens is 264 g/mol. The van der Waals surface area contributed by atoms with E-state index in [9.17, 15) is 4.79 Å². The first-order valence-corrected chi connectivity index (χ1v) is 7.81. The normalized spacial score (nSPS) is 18.2. The Morgan fingerprint density at radius 2 is 2.14 bits per heavy atom. The average molecular weight is 290 g/mol. The van der Waals surface area contributed by atoms with Gasteiger partial charge in [0.1, 0.15) is 0 Å². The molecule has 1 saturated heterocycles. The van der Waals surface area contributed by atoms with Crippen molar-refractivity contribution >= 4 is 11.7 Å². The van der Waals surface area contributed by atoms with Crippen LogP contribution in [-0.2, 0) is 4.74 Å². The van der Waals surface area contributed by atoms with Crippen LogP contribution in [0.5, 0.6) is 0 Å². The summed E-state index contributed by atoms with van der Waals surface area (Å²) in [5, 5.41) is 3.54. The second-order valence-electron chi connectivity index (χ2n) is 5.78. The monoisotopic (exact) mass is 290 g/mol. The Morgan fingerprint density at radius 1 is 1.43 bits per heavy atom. The van der Waals surface area contributed by atoms with E-state index in [4.69, 9.17) is 4.74 Å². The van der Waals surface area contributed by atoms with Gasteiger partial charge >= 0.3 is 5.97 Å². The number of hydrogen-bond donors (Lipinski definition) is 1. The number of carbonyl (C=O) groups excluding carboxylic acids is 1. The van der Waals surface area contributed by atoms with Crippen molar-refractivity contribution in [2.45, 2.75) is 32.7 Å². The van der Waals surface area contributed by atoms with Gasteiger partial charge in [-0.1, -0.05) is 13.0 Å². The third-order valence-electron chi connectivity index (χ3n) is 4.46. The molecule has 1 aromatic rings. The smallest absolute Gasteiger partial charge is 0.337 e. The van der Waals surface area contributed by atoms with Crippen molar-refractivity contribution in [1.82, 2.24) is 4.90 Å². The van der Waals surface area contributed by atoms with Crippen LogP contribution in [0.4, 0.5) is 5.69 Å². The van der Waals surface area contributed by atoms with Crippen LogP contribution in [0, 0.1) is 5.92 Å². The summed E-state index contributed by atoms with van der Waals surface area (Å²) in [4.78, 5) is 14.1. The highest BCUT2D eigenvalue weighted by molar-refractivity contribution is 5.90. The molecule has 1 aliphatic heterocycles. The largest absolute Gasteiger partial charge is 0.465 e. The first-order chi connectivity index (χ1) is 10.1. The lowest BCUT2D eigenvalue weighted by atomic mass is 9.90. The van der Waals surface area contributed by atoms with Gasteiger partial charge in [0.25, 0.3) is 0 Å². The molecule has 0 aliphatic carbocycles. The highest BCUT2D eigenvalue weighted by Gasteiger charge is 2.23. The summed E-state index contributed by atoms with van der Waals surface area (Å²) in [6.45, 7) is 7.98. The van der Waals surface area contributed by atoms with Crippen molar-refractivity contribution in [3.63, 3.8) is 0 Å². The van der Waals surface area contributed by atoms with Gasteiger partial charge in [-0.3, -0.25) is 0 Å². The van der Waals surface area contributed by atoms with Gasteiger partial charge in [0.05, 0.1) is 12.7 Å². The minimum absolute atomic E-state index is 0.289. The number of nitrogens with zero attached hydrogens (tertiary/aromatic N) is 1. The Labute approximate surface area is 127 Å². The summed E-state index contributed by atoms with van der Waals surface area (Å²) in [5.74, 6) is 0.400. The lowest BCUT2D eigenvalue weighted by molar-refractivity contribution is 0.0601. The first kappa shape index (κ1) is 15.8. The summed E-state index contributed by atoms with van der Waals surface area (Å²) in [5.41, 5.74) is 1.58. The Bertz CT molecular complexity index is 468. The molecule has 1 unspecified atom stereocenters. The number of carbonyl (C=O) groups is 1. The predicted octanol–water partition coefficient (Wildman–Crippen LogP) is 3.01. The van der Waals surface area contributed by atoms with Gasteiger partial charge in [-0.2, -0.15) is 0 Å². The Kier molecular flexibility index (Phi) is 5.62. The first-order valence-electron chi connectivity index (χ1n) is 7.81. The molecule has 1 N–H and O–H groups in total. The molecule has 1 aliphatic rings. The average Bonchev–Trinajstić information content (AvgIpc) is 2.54. The molecule has 1 heterocycles. The molecule has 0 bridgehead atoms. The fourth-order valence-electron chi connectivity index (χ4n) is 3.00.